The third kappa shape index (κ3) is 5.07. The molecule has 0 atom stereocenters. The van der Waals surface area contributed by atoms with E-state index in [1.807, 2.05) is 16.7 Å². The van der Waals surface area contributed by atoms with E-state index >= 15 is 0 Å². The minimum absolute atomic E-state index is 0.000114. The summed E-state index contributed by atoms with van der Waals surface area (Å²) in [5.74, 6) is 0.462. The number of anilines is 1. The standard InChI is InChI=1S/C19H19N3O4S/c23-17(22-7-9-27-10-8-22)11-13-1-3-15(4-2-13)21-18(24)16-12-14(19(25)26)5-6-20-16/h1-6,12H,7-11H2,(H,21,24)(H,25,26). The maximum atomic E-state index is 12.3. The molecule has 1 aromatic carbocycles. The summed E-state index contributed by atoms with van der Waals surface area (Å²) in [6.45, 7) is 1.58. The quantitative estimate of drug-likeness (QED) is 0.818. The molecule has 0 saturated carbocycles. The number of hydrogen-bond acceptors (Lipinski definition) is 5. The molecule has 2 amide bonds. The number of nitrogens with zero attached hydrogens (tertiary/aromatic N) is 2. The third-order valence-electron chi connectivity index (χ3n) is 4.17. The van der Waals surface area contributed by atoms with Gasteiger partial charge in [0.15, 0.2) is 0 Å². The van der Waals surface area contributed by atoms with Crippen molar-refractivity contribution in [2.45, 2.75) is 6.42 Å². The number of carboxylic acids is 1. The Morgan fingerprint density at radius 1 is 1.11 bits per heavy atom. The fraction of sp³-hybridized carbons (Fsp3) is 0.263. The highest BCUT2D eigenvalue weighted by Gasteiger charge is 2.17. The molecule has 1 fully saturated rings. The Bertz CT molecular complexity index is 848. The molecule has 2 aromatic rings. The van der Waals surface area contributed by atoms with Gasteiger partial charge in [-0.2, -0.15) is 11.8 Å². The molecule has 27 heavy (non-hydrogen) atoms. The van der Waals surface area contributed by atoms with E-state index in [2.05, 4.69) is 10.3 Å². The number of thioether (sulfide) groups is 1. The first-order valence-corrected chi connectivity index (χ1v) is 9.63. The molecule has 0 radical (unpaired) electrons. The van der Waals surface area contributed by atoms with Gasteiger partial charge in [0.05, 0.1) is 12.0 Å². The second kappa shape index (κ2) is 8.68. The van der Waals surface area contributed by atoms with Crippen LogP contribution in [0.25, 0.3) is 0 Å². The smallest absolute Gasteiger partial charge is 0.335 e. The minimum atomic E-state index is -1.12. The van der Waals surface area contributed by atoms with Crippen molar-refractivity contribution in [1.29, 1.82) is 0 Å². The number of rotatable bonds is 5. The monoisotopic (exact) mass is 385 g/mol. The maximum Gasteiger partial charge on any atom is 0.335 e. The van der Waals surface area contributed by atoms with E-state index < -0.39 is 11.9 Å². The van der Waals surface area contributed by atoms with E-state index in [1.54, 1.807) is 24.3 Å². The zero-order valence-electron chi connectivity index (χ0n) is 14.6. The Labute approximate surface area is 160 Å². The van der Waals surface area contributed by atoms with Crippen LogP contribution in [0.2, 0.25) is 0 Å². The molecule has 140 valence electrons. The number of aromatic carboxylic acids is 1. The third-order valence-corrected chi connectivity index (χ3v) is 5.11. The molecule has 0 aliphatic carbocycles. The second-order valence-corrected chi connectivity index (χ2v) is 7.28. The zero-order chi connectivity index (χ0) is 19.2. The lowest BCUT2D eigenvalue weighted by atomic mass is 10.1. The van der Waals surface area contributed by atoms with Gasteiger partial charge in [-0.1, -0.05) is 12.1 Å². The van der Waals surface area contributed by atoms with Gasteiger partial charge >= 0.3 is 5.97 Å². The highest BCUT2D eigenvalue weighted by atomic mass is 32.2. The predicted octanol–water partition coefficient (Wildman–Crippen LogP) is 2.15. The van der Waals surface area contributed by atoms with Crippen LogP contribution >= 0.6 is 11.8 Å². The molecule has 2 N–H and O–H groups in total. The number of hydrogen-bond donors (Lipinski definition) is 2. The van der Waals surface area contributed by atoms with Crippen molar-refractivity contribution in [1.82, 2.24) is 9.88 Å². The topological polar surface area (TPSA) is 99.6 Å². The summed E-state index contributed by atoms with van der Waals surface area (Å²) in [6, 6.07) is 9.58. The first-order valence-electron chi connectivity index (χ1n) is 8.48. The van der Waals surface area contributed by atoms with E-state index in [0.29, 0.717) is 12.1 Å². The molecule has 2 heterocycles. The predicted molar refractivity (Wildman–Crippen MR) is 103 cm³/mol. The number of carbonyl (C=O) groups is 3. The normalized spacial score (nSPS) is 13.9. The van der Waals surface area contributed by atoms with Gasteiger partial charge in [-0.15, -0.1) is 0 Å². The number of nitrogens with one attached hydrogen (secondary N) is 1. The van der Waals surface area contributed by atoms with E-state index in [4.69, 9.17) is 5.11 Å². The lowest BCUT2D eigenvalue weighted by Crippen LogP contribution is -2.38. The first kappa shape index (κ1) is 18.9. The second-order valence-electron chi connectivity index (χ2n) is 6.06. The number of carbonyl (C=O) groups excluding carboxylic acids is 2. The number of carboxylic acid groups (broad SMARTS) is 1. The lowest BCUT2D eigenvalue weighted by Gasteiger charge is -2.26. The summed E-state index contributed by atoms with van der Waals surface area (Å²) in [7, 11) is 0. The van der Waals surface area contributed by atoms with Crippen LogP contribution in [-0.4, -0.2) is 57.4 Å². The van der Waals surface area contributed by atoms with Gasteiger partial charge in [0.2, 0.25) is 5.91 Å². The van der Waals surface area contributed by atoms with Crippen molar-refractivity contribution in [3.8, 4) is 0 Å². The molecule has 7 nitrogen and oxygen atoms in total. The Balaban J connectivity index is 1.60. The van der Waals surface area contributed by atoms with Gasteiger partial charge < -0.3 is 15.3 Å². The van der Waals surface area contributed by atoms with Gasteiger partial charge in [-0.25, -0.2) is 4.79 Å². The number of amides is 2. The summed E-state index contributed by atoms with van der Waals surface area (Å²) in [6.07, 6.45) is 1.62. The summed E-state index contributed by atoms with van der Waals surface area (Å²) in [4.78, 5) is 41.3. The van der Waals surface area contributed by atoms with E-state index in [1.165, 1.54) is 18.3 Å². The van der Waals surface area contributed by atoms with E-state index in [-0.39, 0.29) is 17.2 Å². The highest BCUT2D eigenvalue weighted by Crippen LogP contribution is 2.14. The van der Waals surface area contributed by atoms with Gasteiger partial charge in [-0.3, -0.25) is 14.6 Å². The highest BCUT2D eigenvalue weighted by molar-refractivity contribution is 7.99. The van der Waals surface area contributed by atoms with Crippen molar-refractivity contribution < 1.29 is 19.5 Å². The van der Waals surface area contributed by atoms with Gasteiger partial charge in [0.1, 0.15) is 5.69 Å². The van der Waals surface area contributed by atoms with Crippen LogP contribution in [0.3, 0.4) is 0 Å². The van der Waals surface area contributed by atoms with Crippen molar-refractivity contribution in [2.75, 3.05) is 29.9 Å². The van der Waals surface area contributed by atoms with Crippen LogP contribution in [0, 0.1) is 0 Å². The summed E-state index contributed by atoms with van der Waals surface area (Å²) >= 11 is 1.86. The average Bonchev–Trinajstić information content (AvgIpc) is 2.70. The molecule has 8 heteroatoms. The van der Waals surface area contributed by atoms with Crippen LogP contribution in [0.4, 0.5) is 5.69 Å². The molecule has 0 unspecified atom stereocenters. The van der Waals surface area contributed by atoms with Crippen LogP contribution in [-0.2, 0) is 11.2 Å². The Hall–Kier alpha value is -2.87. The van der Waals surface area contributed by atoms with Crippen LogP contribution in [0.15, 0.2) is 42.6 Å². The van der Waals surface area contributed by atoms with Crippen molar-refractivity contribution in [2.24, 2.45) is 0 Å². The number of pyridine rings is 1. The van der Waals surface area contributed by atoms with Gasteiger partial charge in [0.25, 0.3) is 5.91 Å². The van der Waals surface area contributed by atoms with E-state index in [0.717, 1.165) is 30.2 Å². The number of aromatic nitrogens is 1. The molecule has 3 rings (SSSR count). The van der Waals surface area contributed by atoms with Gasteiger partial charge in [0, 0.05) is 36.5 Å². The van der Waals surface area contributed by atoms with E-state index in [9.17, 15) is 14.4 Å². The maximum absolute atomic E-state index is 12.3. The Kier molecular flexibility index (Phi) is 6.08. The first-order chi connectivity index (χ1) is 13.0. The fourth-order valence-corrected chi connectivity index (χ4v) is 3.59. The fourth-order valence-electron chi connectivity index (χ4n) is 2.69. The largest absolute Gasteiger partial charge is 0.478 e. The Morgan fingerprint density at radius 3 is 2.48 bits per heavy atom. The number of benzene rings is 1. The minimum Gasteiger partial charge on any atom is -0.478 e. The Morgan fingerprint density at radius 2 is 1.81 bits per heavy atom. The summed E-state index contributed by atoms with van der Waals surface area (Å²) in [5.41, 5.74) is 1.45. The molecule has 1 saturated heterocycles. The lowest BCUT2D eigenvalue weighted by molar-refractivity contribution is -0.130. The van der Waals surface area contributed by atoms with Crippen molar-refractivity contribution in [3.05, 3.63) is 59.4 Å². The van der Waals surface area contributed by atoms with Crippen LogP contribution in [0.5, 0.6) is 0 Å². The molecule has 0 bridgehead atoms. The molecule has 1 aliphatic heterocycles. The molecule has 0 spiro atoms. The SMILES string of the molecule is O=C(O)c1ccnc(C(=O)Nc2ccc(CC(=O)N3CCSCC3)cc2)c1. The average molecular weight is 385 g/mol. The molecule has 1 aliphatic rings. The summed E-state index contributed by atoms with van der Waals surface area (Å²) in [5, 5.41) is 11.7. The van der Waals surface area contributed by atoms with Crippen molar-refractivity contribution in [3.63, 3.8) is 0 Å². The molecular weight excluding hydrogens is 366 g/mol. The van der Waals surface area contributed by atoms with Gasteiger partial charge in [-0.05, 0) is 29.8 Å². The van der Waals surface area contributed by atoms with Crippen LogP contribution in [0.1, 0.15) is 26.4 Å². The van der Waals surface area contributed by atoms with Crippen LogP contribution < -0.4 is 5.32 Å². The zero-order valence-corrected chi connectivity index (χ0v) is 15.4. The molecular formula is C19H19N3O4S. The summed E-state index contributed by atoms with van der Waals surface area (Å²) < 4.78 is 0. The van der Waals surface area contributed by atoms with Crippen molar-refractivity contribution >= 4 is 35.2 Å². The molecule has 1 aromatic heterocycles.